The van der Waals surface area contributed by atoms with Gasteiger partial charge in [-0.05, 0) is 39.1 Å². The summed E-state index contributed by atoms with van der Waals surface area (Å²) in [6, 6.07) is 6.59. The van der Waals surface area contributed by atoms with Crippen molar-refractivity contribution in [2.75, 3.05) is 14.2 Å². The van der Waals surface area contributed by atoms with E-state index < -0.39 is 5.54 Å². The molecule has 0 aliphatic rings. The topological polar surface area (TPSA) is 36.3 Å². The monoisotopic (exact) mass is 236 g/mol. The number of rotatable bonds is 4. The van der Waals surface area contributed by atoms with Crippen molar-refractivity contribution in [3.05, 3.63) is 29.6 Å². The standard InChI is InChI=1S/C13H17FN2O/c1-13(2,9-15)16(3)8-10-7-11(14)5-6-12(10)17-4/h5-7H,8H2,1-4H3. The second-order valence-corrected chi connectivity index (χ2v) is 4.48. The number of hydrogen-bond donors (Lipinski definition) is 0. The van der Waals surface area contributed by atoms with E-state index in [9.17, 15) is 4.39 Å². The first kappa shape index (κ1) is 13.5. The quantitative estimate of drug-likeness (QED) is 0.806. The van der Waals surface area contributed by atoms with Crippen molar-refractivity contribution in [3.8, 4) is 11.8 Å². The van der Waals surface area contributed by atoms with Crippen LogP contribution in [-0.4, -0.2) is 24.6 Å². The lowest BCUT2D eigenvalue weighted by Gasteiger charge is -2.29. The predicted molar refractivity (Wildman–Crippen MR) is 64.1 cm³/mol. The summed E-state index contributed by atoms with van der Waals surface area (Å²) < 4.78 is 18.3. The minimum atomic E-state index is -0.600. The maximum atomic E-state index is 13.2. The smallest absolute Gasteiger partial charge is 0.123 e. The third-order valence-electron chi connectivity index (χ3n) is 2.88. The molecule has 0 amide bonds. The maximum absolute atomic E-state index is 13.2. The molecule has 0 aliphatic heterocycles. The summed E-state index contributed by atoms with van der Waals surface area (Å²) in [5, 5.41) is 9.03. The molecule has 0 heterocycles. The summed E-state index contributed by atoms with van der Waals surface area (Å²) >= 11 is 0. The minimum absolute atomic E-state index is 0.302. The van der Waals surface area contributed by atoms with Crippen molar-refractivity contribution in [1.82, 2.24) is 4.90 Å². The first-order valence-corrected chi connectivity index (χ1v) is 5.35. The van der Waals surface area contributed by atoms with E-state index in [1.807, 2.05) is 25.8 Å². The van der Waals surface area contributed by atoms with Crippen LogP contribution in [0.25, 0.3) is 0 Å². The van der Waals surface area contributed by atoms with Crippen molar-refractivity contribution >= 4 is 0 Å². The van der Waals surface area contributed by atoms with Crippen molar-refractivity contribution < 1.29 is 9.13 Å². The normalized spacial score (nSPS) is 11.4. The first-order valence-electron chi connectivity index (χ1n) is 5.35. The molecule has 0 N–H and O–H groups in total. The van der Waals surface area contributed by atoms with Crippen molar-refractivity contribution in [3.63, 3.8) is 0 Å². The van der Waals surface area contributed by atoms with E-state index in [2.05, 4.69) is 6.07 Å². The molecule has 1 rings (SSSR count). The van der Waals surface area contributed by atoms with Gasteiger partial charge < -0.3 is 4.74 Å². The SMILES string of the molecule is COc1ccc(F)cc1CN(C)C(C)(C)C#N. The predicted octanol–water partition coefficient (Wildman–Crippen LogP) is 2.57. The molecule has 17 heavy (non-hydrogen) atoms. The Bertz CT molecular complexity index is 438. The Labute approximate surface area is 101 Å². The van der Waals surface area contributed by atoms with Gasteiger partial charge in [0.1, 0.15) is 17.1 Å². The van der Waals surface area contributed by atoms with E-state index in [1.165, 1.54) is 12.1 Å². The van der Waals surface area contributed by atoms with E-state index in [0.717, 1.165) is 5.56 Å². The third kappa shape index (κ3) is 3.18. The molecule has 0 bridgehead atoms. The molecule has 0 unspecified atom stereocenters. The Morgan fingerprint density at radius 2 is 2.12 bits per heavy atom. The number of hydrogen-bond acceptors (Lipinski definition) is 3. The van der Waals surface area contributed by atoms with E-state index in [-0.39, 0.29) is 5.82 Å². The van der Waals surface area contributed by atoms with Crippen LogP contribution in [0.4, 0.5) is 4.39 Å². The second-order valence-electron chi connectivity index (χ2n) is 4.48. The highest BCUT2D eigenvalue weighted by Gasteiger charge is 2.23. The molecule has 3 nitrogen and oxygen atoms in total. The molecule has 0 saturated heterocycles. The number of ether oxygens (including phenoxy) is 1. The average Bonchev–Trinajstić information content (AvgIpc) is 2.29. The Morgan fingerprint density at radius 3 is 2.65 bits per heavy atom. The Kier molecular flexibility index (Phi) is 4.08. The summed E-state index contributed by atoms with van der Waals surface area (Å²) in [6.45, 7) is 4.10. The second kappa shape index (κ2) is 5.15. The third-order valence-corrected chi connectivity index (χ3v) is 2.88. The maximum Gasteiger partial charge on any atom is 0.123 e. The highest BCUT2D eigenvalue weighted by atomic mass is 19.1. The van der Waals surface area contributed by atoms with Crippen LogP contribution in [0.15, 0.2) is 18.2 Å². The van der Waals surface area contributed by atoms with E-state index in [0.29, 0.717) is 12.3 Å². The fraction of sp³-hybridized carbons (Fsp3) is 0.462. The van der Waals surface area contributed by atoms with Crippen molar-refractivity contribution in [2.24, 2.45) is 0 Å². The lowest BCUT2D eigenvalue weighted by atomic mass is 10.0. The van der Waals surface area contributed by atoms with Crippen LogP contribution in [0.2, 0.25) is 0 Å². The molecule has 0 aliphatic carbocycles. The number of methoxy groups -OCH3 is 1. The molecule has 0 atom stereocenters. The highest BCUT2D eigenvalue weighted by molar-refractivity contribution is 5.34. The zero-order chi connectivity index (χ0) is 13.1. The Hall–Kier alpha value is -1.60. The molecule has 0 aromatic heterocycles. The largest absolute Gasteiger partial charge is 0.496 e. The molecule has 0 radical (unpaired) electrons. The molecule has 4 heteroatoms. The molecule has 0 saturated carbocycles. The summed E-state index contributed by atoms with van der Waals surface area (Å²) in [4.78, 5) is 1.85. The average molecular weight is 236 g/mol. The summed E-state index contributed by atoms with van der Waals surface area (Å²) in [6.07, 6.45) is 0. The van der Waals surface area contributed by atoms with Gasteiger partial charge in [0, 0.05) is 12.1 Å². The first-order chi connectivity index (χ1) is 7.90. The number of nitriles is 1. The van der Waals surface area contributed by atoms with Gasteiger partial charge in [0.2, 0.25) is 0 Å². The zero-order valence-electron chi connectivity index (χ0n) is 10.6. The lowest BCUT2D eigenvalue weighted by molar-refractivity contribution is 0.200. The van der Waals surface area contributed by atoms with Gasteiger partial charge in [-0.2, -0.15) is 5.26 Å². The van der Waals surface area contributed by atoms with Gasteiger partial charge in [-0.15, -0.1) is 0 Å². The van der Waals surface area contributed by atoms with Crippen LogP contribution in [0, 0.1) is 17.1 Å². The number of nitrogens with zero attached hydrogens (tertiary/aromatic N) is 2. The van der Waals surface area contributed by atoms with Crippen LogP contribution in [0.1, 0.15) is 19.4 Å². The minimum Gasteiger partial charge on any atom is -0.496 e. The molecule has 1 aromatic rings. The van der Waals surface area contributed by atoms with Gasteiger partial charge >= 0.3 is 0 Å². The molecule has 1 aromatic carbocycles. The van der Waals surface area contributed by atoms with Crippen LogP contribution in [0.5, 0.6) is 5.75 Å². The molecule has 0 spiro atoms. The van der Waals surface area contributed by atoms with Crippen molar-refractivity contribution in [1.29, 1.82) is 5.26 Å². The molecular formula is C13H17FN2O. The number of halogens is 1. The van der Waals surface area contributed by atoms with Crippen LogP contribution < -0.4 is 4.74 Å². The Morgan fingerprint density at radius 1 is 1.47 bits per heavy atom. The van der Waals surface area contributed by atoms with Gasteiger partial charge in [0.15, 0.2) is 0 Å². The summed E-state index contributed by atoms with van der Waals surface area (Å²) in [5.74, 6) is 0.330. The van der Waals surface area contributed by atoms with E-state index >= 15 is 0 Å². The lowest BCUT2D eigenvalue weighted by Crippen LogP contribution is -2.39. The molecule has 0 fully saturated rings. The van der Waals surface area contributed by atoms with E-state index in [4.69, 9.17) is 10.00 Å². The van der Waals surface area contributed by atoms with Gasteiger partial charge in [-0.25, -0.2) is 4.39 Å². The zero-order valence-corrected chi connectivity index (χ0v) is 10.6. The van der Waals surface area contributed by atoms with Crippen LogP contribution in [0.3, 0.4) is 0 Å². The number of benzene rings is 1. The summed E-state index contributed by atoms with van der Waals surface area (Å²) in [5.41, 5.74) is 0.135. The van der Waals surface area contributed by atoms with E-state index in [1.54, 1.807) is 13.2 Å². The van der Waals surface area contributed by atoms with Gasteiger partial charge in [-0.3, -0.25) is 4.90 Å². The highest BCUT2D eigenvalue weighted by Crippen LogP contribution is 2.23. The van der Waals surface area contributed by atoms with Crippen LogP contribution >= 0.6 is 0 Å². The summed E-state index contributed by atoms with van der Waals surface area (Å²) in [7, 11) is 3.37. The van der Waals surface area contributed by atoms with Gasteiger partial charge in [0.25, 0.3) is 0 Å². The fourth-order valence-electron chi connectivity index (χ4n) is 1.41. The Balaban J connectivity index is 2.95. The van der Waals surface area contributed by atoms with Crippen molar-refractivity contribution in [2.45, 2.75) is 25.9 Å². The van der Waals surface area contributed by atoms with Gasteiger partial charge in [-0.1, -0.05) is 0 Å². The molecule has 92 valence electrons. The molecular weight excluding hydrogens is 219 g/mol. The van der Waals surface area contributed by atoms with Crippen LogP contribution in [-0.2, 0) is 6.54 Å². The fourth-order valence-corrected chi connectivity index (χ4v) is 1.41. The van der Waals surface area contributed by atoms with Gasteiger partial charge in [0.05, 0.1) is 13.2 Å².